The molecule has 134 valence electrons. The lowest BCUT2D eigenvalue weighted by atomic mass is 10.1. The molecule has 0 bridgehead atoms. The first-order valence-electron chi connectivity index (χ1n) is 7.73. The number of anilines is 2. The highest BCUT2D eigenvalue weighted by Gasteiger charge is 2.36. The second-order valence-electron chi connectivity index (χ2n) is 5.84. The molecule has 1 saturated heterocycles. The van der Waals surface area contributed by atoms with Crippen molar-refractivity contribution < 1.29 is 19.5 Å². The lowest BCUT2D eigenvalue weighted by Gasteiger charge is -2.18. The quantitative estimate of drug-likeness (QED) is 0.865. The predicted molar refractivity (Wildman–Crippen MR) is 96.3 cm³/mol. The maximum Gasteiger partial charge on any atom is 0.229 e. The van der Waals surface area contributed by atoms with Gasteiger partial charge in [0.25, 0.3) is 0 Å². The normalized spacial score (nSPS) is 16.6. The zero-order chi connectivity index (χ0) is 18.8. The van der Waals surface area contributed by atoms with Gasteiger partial charge in [-0.15, -0.1) is 0 Å². The molecule has 0 spiro atoms. The highest BCUT2D eigenvalue weighted by atomic mass is 35.5. The molecular weight excluding hydrogens is 379 g/mol. The first-order chi connectivity index (χ1) is 12.4. The van der Waals surface area contributed by atoms with E-state index in [9.17, 15) is 19.5 Å². The van der Waals surface area contributed by atoms with E-state index in [0.717, 1.165) is 0 Å². The monoisotopic (exact) mass is 391 g/mol. The molecule has 6 nitrogen and oxygen atoms in total. The van der Waals surface area contributed by atoms with Gasteiger partial charge in [0, 0.05) is 18.7 Å². The van der Waals surface area contributed by atoms with E-state index in [4.69, 9.17) is 23.2 Å². The number of carbonyl (C=O) groups is 3. The molecule has 1 aliphatic rings. The Morgan fingerprint density at radius 2 is 1.88 bits per heavy atom. The van der Waals surface area contributed by atoms with Gasteiger partial charge >= 0.3 is 0 Å². The van der Waals surface area contributed by atoms with Crippen molar-refractivity contribution in [1.82, 2.24) is 0 Å². The molecule has 1 N–H and O–H groups in total. The van der Waals surface area contributed by atoms with Crippen LogP contribution in [0.1, 0.15) is 16.8 Å². The minimum atomic E-state index is -1.33. The van der Waals surface area contributed by atoms with Crippen LogP contribution < -0.4 is 15.3 Å². The smallest absolute Gasteiger partial charge is 0.229 e. The van der Waals surface area contributed by atoms with Crippen LogP contribution in [0.3, 0.4) is 0 Å². The minimum absolute atomic E-state index is 0.0227. The van der Waals surface area contributed by atoms with Crippen LogP contribution in [0.4, 0.5) is 11.4 Å². The van der Waals surface area contributed by atoms with Crippen LogP contribution in [0.2, 0.25) is 10.0 Å². The summed E-state index contributed by atoms with van der Waals surface area (Å²) in [6.45, 7) is 0.158. The average molecular weight is 392 g/mol. The summed E-state index contributed by atoms with van der Waals surface area (Å²) in [6, 6.07) is 10.7. The molecule has 0 aromatic heterocycles. The van der Waals surface area contributed by atoms with Crippen LogP contribution in [0.15, 0.2) is 42.5 Å². The van der Waals surface area contributed by atoms with Crippen molar-refractivity contribution in [2.75, 3.05) is 16.8 Å². The summed E-state index contributed by atoms with van der Waals surface area (Å²) in [5, 5.41) is 14.1. The van der Waals surface area contributed by atoms with Crippen LogP contribution in [-0.2, 0) is 9.59 Å². The van der Waals surface area contributed by atoms with Gasteiger partial charge < -0.3 is 20.1 Å². The van der Waals surface area contributed by atoms with Gasteiger partial charge in [-0.05, 0) is 29.8 Å². The van der Waals surface area contributed by atoms with Gasteiger partial charge in [-0.25, -0.2) is 0 Å². The molecule has 0 aliphatic carbocycles. The lowest BCUT2D eigenvalue weighted by molar-refractivity contribution is -0.255. The lowest BCUT2D eigenvalue weighted by Crippen LogP contribution is -2.28. The van der Waals surface area contributed by atoms with Crippen molar-refractivity contribution in [3.63, 3.8) is 0 Å². The molecular formula is C18H13Cl2N2O4-. The Bertz CT molecular complexity index is 901. The topological polar surface area (TPSA) is 89.5 Å². The van der Waals surface area contributed by atoms with Gasteiger partial charge in [0.1, 0.15) is 0 Å². The van der Waals surface area contributed by atoms with Crippen LogP contribution in [0, 0.1) is 5.92 Å². The zero-order valence-corrected chi connectivity index (χ0v) is 14.9. The Kier molecular flexibility index (Phi) is 5.15. The van der Waals surface area contributed by atoms with Crippen molar-refractivity contribution in [3.05, 3.63) is 58.1 Å². The SMILES string of the molecule is O=C([O-])c1cccc(NC(=O)[C@@H]2CC(=O)N(c3cccc(Cl)c3Cl)C2)c1. The van der Waals surface area contributed by atoms with Crippen molar-refractivity contribution in [1.29, 1.82) is 0 Å². The summed E-state index contributed by atoms with van der Waals surface area (Å²) in [7, 11) is 0. The van der Waals surface area contributed by atoms with Gasteiger partial charge in [-0.3, -0.25) is 9.59 Å². The third-order valence-corrected chi connectivity index (χ3v) is 4.89. The molecule has 0 radical (unpaired) electrons. The van der Waals surface area contributed by atoms with Gasteiger partial charge in [-0.1, -0.05) is 41.4 Å². The number of benzene rings is 2. The van der Waals surface area contributed by atoms with E-state index in [1.165, 1.54) is 23.1 Å². The summed E-state index contributed by atoms with van der Waals surface area (Å²) in [5.41, 5.74) is 0.736. The third-order valence-electron chi connectivity index (χ3n) is 4.08. The van der Waals surface area contributed by atoms with E-state index in [0.29, 0.717) is 16.4 Å². The molecule has 8 heteroatoms. The number of carbonyl (C=O) groups excluding carboxylic acids is 3. The van der Waals surface area contributed by atoms with E-state index in [1.54, 1.807) is 24.3 Å². The van der Waals surface area contributed by atoms with Crippen LogP contribution in [0.25, 0.3) is 0 Å². The Morgan fingerprint density at radius 1 is 1.15 bits per heavy atom. The maximum atomic E-state index is 12.5. The minimum Gasteiger partial charge on any atom is -0.545 e. The van der Waals surface area contributed by atoms with E-state index in [2.05, 4.69) is 5.32 Å². The molecule has 2 aromatic rings. The van der Waals surface area contributed by atoms with Crippen molar-refractivity contribution in [3.8, 4) is 0 Å². The van der Waals surface area contributed by atoms with Gasteiger partial charge in [0.05, 0.1) is 27.6 Å². The molecule has 1 fully saturated rings. The van der Waals surface area contributed by atoms with Gasteiger partial charge in [-0.2, -0.15) is 0 Å². The Morgan fingerprint density at radius 3 is 2.62 bits per heavy atom. The summed E-state index contributed by atoms with van der Waals surface area (Å²) >= 11 is 12.1. The summed E-state index contributed by atoms with van der Waals surface area (Å²) in [4.78, 5) is 37.1. The summed E-state index contributed by atoms with van der Waals surface area (Å²) in [5.74, 6) is -2.55. The highest BCUT2D eigenvalue weighted by molar-refractivity contribution is 6.44. The Labute approximate surface area is 159 Å². The number of halogens is 2. The molecule has 0 saturated carbocycles. The number of amides is 2. The Hall–Kier alpha value is -2.57. The van der Waals surface area contributed by atoms with Crippen LogP contribution >= 0.6 is 23.2 Å². The Balaban J connectivity index is 1.74. The molecule has 2 amide bonds. The fourth-order valence-electron chi connectivity index (χ4n) is 2.79. The predicted octanol–water partition coefficient (Wildman–Crippen LogP) is 2.35. The number of carboxylic acid groups (broad SMARTS) is 1. The number of rotatable bonds is 4. The molecule has 1 aliphatic heterocycles. The first kappa shape index (κ1) is 18.2. The highest BCUT2D eigenvalue weighted by Crippen LogP contribution is 2.35. The van der Waals surface area contributed by atoms with E-state index < -0.39 is 11.9 Å². The molecule has 3 rings (SSSR count). The van der Waals surface area contributed by atoms with Gasteiger partial charge in [0.15, 0.2) is 0 Å². The maximum absolute atomic E-state index is 12.5. The number of nitrogens with one attached hydrogen (secondary N) is 1. The van der Waals surface area contributed by atoms with Crippen molar-refractivity contribution in [2.45, 2.75) is 6.42 Å². The summed E-state index contributed by atoms with van der Waals surface area (Å²) in [6.07, 6.45) is 0.0227. The van der Waals surface area contributed by atoms with Gasteiger partial charge in [0.2, 0.25) is 11.8 Å². The number of aromatic carboxylic acids is 1. The second-order valence-corrected chi connectivity index (χ2v) is 6.62. The van der Waals surface area contributed by atoms with Crippen molar-refractivity contribution in [2.24, 2.45) is 5.92 Å². The zero-order valence-electron chi connectivity index (χ0n) is 13.4. The number of hydrogen-bond acceptors (Lipinski definition) is 4. The third kappa shape index (κ3) is 3.66. The first-order valence-corrected chi connectivity index (χ1v) is 8.49. The second kappa shape index (κ2) is 7.35. The number of hydrogen-bond donors (Lipinski definition) is 1. The van der Waals surface area contributed by atoms with E-state index in [1.807, 2.05) is 0 Å². The summed E-state index contributed by atoms with van der Waals surface area (Å²) < 4.78 is 0. The fraction of sp³-hybridized carbons (Fsp3) is 0.167. The molecule has 1 heterocycles. The molecule has 1 atom stereocenters. The van der Waals surface area contributed by atoms with Crippen LogP contribution in [-0.4, -0.2) is 24.3 Å². The fourth-order valence-corrected chi connectivity index (χ4v) is 3.18. The van der Waals surface area contributed by atoms with Crippen LogP contribution in [0.5, 0.6) is 0 Å². The molecule has 26 heavy (non-hydrogen) atoms. The standard InChI is InChI=1S/C18H14Cl2N2O4/c19-13-5-2-6-14(16(13)20)22-9-11(8-15(22)23)17(24)21-12-4-1-3-10(7-12)18(25)26/h1-7,11H,8-9H2,(H,21,24)(H,25,26)/p-1/t11-/m1/s1. The van der Waals surface area contributed by atoms with E-state index >= 15 is 0 Å². The average Bonchev–Trinajstić information content (AvgIpc) is 2.99. The van der Waals surface area contributed by atoms with E-state index in [-0.39, 0.29) is 35.4 Å². The number of nitrogens with zero attached hydrogens (tertiary/aromatic N) is 1. The largest absolute Gasteiger partial charge is 0.545 e. The molecule has 2 aromatic carbocycles. The number of carboxylic acids is 1. The molecule has 0 unspecified atom stereocenters. The van der Waals surface area contributed by atoms with Crippen molar-refractivity contribution >= 4 is 52.4 Å².